The predicted octanol–water partition coefficient (Wildman–Crippen LogP) is 5.06. The lowest BCUT2D eigenvalue weighted by atomic mass is 9.89. The highest BCUT2D eigenvalue weighted by molar-refractivity contribution is 5.87. The Hall–Kier alpha value is -2.55. The van der Waals surface area contributed by atoms with Crippen LogP contribution in [0.1, 0.15) is 43.2 Å². The molecule has 0 saturated heterocycles. The maximum Gasteiger partial charge on any atom is 0.243 e. The Morgan fingerprint density at radius 1 is 1.00 bits per heavy atom. The van der Waals surface area contributed by atoms with Crippen LogP contribution in [0.4, 0.5) is 0 Å². The van der Waals surface area contributed by atoms with Gasteiger partial charge in [0, 0.05) is 6.54 Å². The van der Waals surface area contributed by atoms with Crippen LogP contribution in [0.3, 0.4) is 0 Å². The summed E-state index contributed by atoms with van der Waals surface area (Å²) in [6.45, 7) is 1.20. The number of nitrogens with one attached hydrogen (secondary N) is 1. The highest BCUT2D eigenvalue weighted by atomic mass is 16.5. The monoisotopic (exact) mass is 363 g/mol. The number of rotatable bonds is 8. The summed E-state index contributed by atoms with van der Waals surface area (Å²) in [5.41, 5.74) is 2.32. The maximum absolute atomic E-state index is 12.0. The summed E-state index contributed by atoms with van der Waals surface area (Å²) in [7, 11) is 0. The molecule has 1 saturated carbocycles. The fraction of sp³-hybridized carbons (Fsp3) is 0.375. The van der Waals surface area contributed by atoms with E-state index in [4.69, 9.17) is 4.74 Å². The van der Waals surface area contributed by atoms with Gasteiger partial charge in [0.25, 0.3) is 0 Å². The summed E-state index contributed by atoms with van der Waals surface area (Å²) in [5, 5.41) is 2.98. The number of hydrogen-bond donors (Lipinski definition) is 1. The van der Waals surface area contributed by atoms with Gasteiger partial charge in [-0.2, -0.15) is 0 Å². The van der Waals surface area contributed by atoms with E-state index >= 15 is 0 Å². The third kappa shape index (κ3) is 6.93. The van der Waals surface area contributed by atoms with Crippen LogP contribution in [0.25, 0.3) is 0 Å². The third-order valence-corrected chi connectivity index (χ3v) is 5.03. The topological polar surface area (TPSA) is 38.3 Å². The number of allylic oxidation sites excluding steroid dienone is 1. The number of hydrogen-bond acceptors (Lipinski definition) is 2. The Balaban J connectivity index is 1.40. The van der Waals surface area contributed by atoms with Crippen molar-refractivity contribution < 1.29 is 9.53 Å². The summed E-state index contributed by atoms with van der Waals surface area (Å²) in [5.74, 6) is 1.46. The van der Waals surface area contributed by atoms with Crippen molar-refractivity contribution in [2.45, 2.75) is 45.1 Å². The molecular weight excluding hydrogens is 334 g/mol. The van der Waals surface area contributed by atoms with E-state index < -0.39 is 0 Å². The summed E-state index contributed by atoms with van der Waals surface area (Å²) in [6, 6.07) is 18.2. The van der Waals surface area contributed by atoms with Gasteiger partial charge in [-0.25, -0.2) is 0 Å². The van der Waals surface area contributed by atoms with Gasteiger partial charge < -0.3 is 10.1 Å². The molecule has 1 amide bonds. The Morgan fingerprint density at radius 2 is 1.78 bits per heavy atom. The molecule has 0 atom stereocenters. The van der Waals surface area contributed by atoms with E-state index in [1.54, 1.807) is 6.08 Å². The number of amides is 1. The Morgan fingerprint density at radius 3 is 2.59 bits per heavy atom. The third-order valence-electron chi connectivity index (χ3n) is 5.03. The molecule has 0 radical (unpaired) electrons. The minimum Gasteiger partial charge on any atom is -0.489 e. The molecule has 0 unspecified atom stereocenters. The maximum atomic E-state index is 12.0. The van der Waals surface area contributed by atoms with E-state index in [1.165, 1.54) is 32.1 Å². The average molecular weight is 364 g/mol. The minimum atomic E-state index is 0.0112. The summed E-state index contributed by atoms with van der Waals surface area (Å²) >= 11 is 0. The molecule has 3 rings (SSSR count). The van der Waals surface area contributed by atoms with Crippen LogP contribution >= 0.6 is 0 Å². The molecule has 1 aliphatic carbocycles. The van der Waals surface area contributed by atoms with E-state index in [9.17, 15) is 4.79 Å². The first-order valence-electron chi connectivity index (χ1n) is 10.0. The lowest BCUT2D eigenvalue weighted by Crippen LogP contribution is -2.23. The summed E-state index contributed by atoms with van der Waals surface area (Å²) in [4.78, 5) is 12.0. The zero-order valence-corrected chi connectivity index (χ0v) is 15.9. The minimum absolute atomic E-state index is 0.0112. The van der Waals surface area contributed by atoms with Gasteiger partial charge in [-0.1, -0.05) is 67.8 Å². The summed E-state index contributed by atoms with van der Waals surface area (Å²) in [6.07, 6.45) is 11.0. The molecule has 1 N–H and O–H groups in total. The molecule has 0 heterocycles. The number of carbonyl (C=O) groups excluding carboxylic acids is 1. The van der Waals surface area contributed by atoms with Crippen molar-refractivity contribution in [1.29, 1.82) is 0 Å². The Labute approximate surface area is 162 Å². The van der Waals surface area contributed by atoms with Crippen molar-refractivity contribution >= 4 is 5.91 Å². The SMILES string of the molecule is O=C(C=CC1CCCCC1)NCCc1cccc(OCc2ccccc2)c1. The number of ether oxygens (including phenoxy) is 1. The molecule has 1 aliphatic rings. The normalized spacial score (nSPS) is 15.0. The lowest BCUT2D eigenvalue weighted by Gasteiger charge is -2.17. The molecule has 0 aliphatic heterocycles. The largest absolute Gasteiger partial charge is 0.489 e. The molecule has 0 bridgehead atoms. The number of benzene rings is 2. The van der Waals surface area contributed by atoms with Crippen molar-refractivity contribution in [1.82, 2.24) is 5.32 Å². The zero-order chi connectivity index (χ0) is 18.7. The van der Waals surface area contributed by atoms with Gasteiger partial charge in [-0.3, -0.25) is 4.79 Å². The van der Waals surface area contributed by atoms with E-state index in [-0.39, 0.29) is 5.91 Å². The molecule has 3 nitrogen and oxygen atoms in total. The fourth-order valence-corrected chi connectivity index (χ4v) is 3.47. The second kappa shape index (κ2) is 10.6. The van der Waals surface area contributed by atoms with Crippen molar-refractivity contribution in [3.63, 3.8) is 0 Å². The van der Waals surface area contributed by atoms with Gasteiger partial charge in [0.05, 0.1) is 0 Å². The average Bonchev–Trinajstić information content (AvgIpc) is 2.73. The van der Waals surface area contributed by atoms with E-state index in [0.717, 1.165) is 23.3 Å². The van der Waals surface area contributed by atoms with Crippen LogP contribution in [0, 0.1) is 5.92 Å². The van der Waals surface area contributed by atoms with Gasteiger partial charge in [-0.15, -0.1) is 0 Å². The second-order valence-corrected chi connectivity index (χ2v) is 7.22. The van der Waals surface area contributed by atoms with Gasteiger partial charge in [0.2, 0.25) is 5.91 Å². The first-order chi connectivity index (χ1) is 13.3. The lowest BCUT2D eigenvalue weighted by molar-refractivity contribution is -0.116. The van der Waals surface area contributed by atoms with E-state index in [1.807, 2.05) is 36.4 Å². The molecule has 1 fully saturated rings. The molecule has 142 valence electrons. The molecule has 0 spiro atoms. The van der Waals surface area contributed by atoms with Gasteiger partial charge in [-0.05, 0) is 54.5 Å². The van der Waals surface area contributed by atoms with Crippen molar-refractivity contribution in [3.8, 4) is 5.75 Å². The highest BCUT2D eigenvalue weighted by Crippen LogP contribution is 2.24. The standard InChI is InChI=1S/C24H29NO2/c26-24(15-14-20-8-3-1-4-9-20)25-17-16-21-12-7-13-23(18-21)27-19-22-10-5-2-6-11-22/h2,5-7,10-15,18,20H,1,3-4,8-9,16-17,19H2,(H,25,26). The van der Waals surface area contributed by atoms with Crippen LogP contribution < -0.4 is 10.1 Å². The van der Waals surface area contributed by atoms with Gasteiger partial charge in [0.15, 0.2) is 0 Å². The van der Waals surface area contributed by atoms with E-state index in [0.29, 0.717) is 19.1 Å². The van der Waals surface area contributed by atoms with E-state index in [2.05, 4.69) is 29.6 Å². The quantitative estimate of drug-likeness (QED) is 0.666. The smallest absolute Gasteiger partial charge is 0.243 e. The van der Waals surface area contributed by atoms with Crippen LogP contribution in [-0.2, 0) is 17.8 Å². The molecule has 27 heavy (non-hydrogen) atoms. The zero-order valence-electron chi connectivity index (χ0n) is 15.9. The molecule has 2 aromatic rings. The molecule has 0 aromatic heterocycles. The second-order valence-electron chi connectivity index (χ2n) is 7.22. The van der Waals surface area contributed by atoms with Crippen LogP contribution in [-0.4, -0.2) is 12.5 Å². The molecule has 2 aromatic carbocycles. The number of carbonyl (C=O) groups is 1. The van der Waals surface area contributed by atoms with Crippen LogP contribution in [0.2, 0.25) is 0 Å². The molecule has 3 heteroatoms. The highest BCUT2D eigenvalue weighted by Gasteiger charge is 2.10. The predicted molar refractivity (Wildman–Crippen MR) is 110 cm³/mol. The van der Waals surface area contributed by atoms with Crippen LogP contribution in [0.5, 0.6) is 5.75 Å². The van der Waals surface area contributed by atoms with Crippen molar-refractivity contribution in [3.05, 3.63) is 77.9 Å². The Bertz CT molecular complexity index is 733. The van der Waals surface area contributed by atoms with Crippen molar-refractivity contribution in [2.75, 3.05) is 6.54 Å². The first-order valence-corrected chi connectivity index (χ1v) is 10.0. The summed E-state index contributed by atoms with van der Waals surface area (Å²) < 4.78 is 5.87. The fourth-order valence-electron chi connectivity index (χ4n) is 3.47. The Kier molecular flexibility index (Phi) is 7.52. The van der Waals surface area contributed by atoms with Crippen LogP contribution in [0.15, 0.2) is 66.7 Å². The van der Waals surface area contributed by atoms with Gasteiger partial charge >= 0.3 is 0 Å². The first kappa shape index (κ1) is 19.2. The van der Waals surface area contributed by atoms with Gasteiger partial charge in [0.1, 0.15) is 12.4 Å². The van der Waals surface area contributed by atoms with Crippen molar-refractivity contribution in [2.24, 2.45) is 5.92 Å². The molecular formula is C24H29NO2.